The van der Waals surface area contributed by atoms with Crippen molar-refractivity contribution in [1.82, 2.24) is 5.32 Å². The summed E-state index contributed by atoms with van der Waals surface area (Å²) in [5.74, 6) is -0.0266. The van der Waals surface area contributed by atoms with Crippen LogP contribution in [0.2, 0.25) is 0 Å². The Bertz CT molecular complexity index is 1360. The van der Waals surface area contributed by atoms with Gasteiger partial charge in [0.25, 0.3) is 0 Å². The van der Waals surface area contributed by atoms with Crippen molar-refractivity contribution in [3.05, 3.63) is 36.5 Å². The minimum atomic E-state index is -0.669. The Hall–Kier alpha value is -1.92. The Morgan fingerprint density at radius 1 is 0.333 bits per heavy atom. The van der Waals surface area contributed by atoms with E-state index in [4.69, 9.17) is 4.74 Å². The van der Waals surface area contributed by atoms with Crippen molar-refractivity contribution in [3.8, 4) is 0 Å². The number of allylic oxidation sites excluding steroid dienone is 6. The van der Waals surface area contributed by atoms with Gasteiger partial charge in [-0.3, -0.25) is 9.59 Å². The van der Waals surface area contributed by atoms with Crippen LogP contribution in [0.1, 0.15) is 425 Å². The monoisotopic (exact) mass is 1180 g/mol. The third kappa shape index (κ3) is 69.2. The normalized spacial score (nSPS) is 12.7. The summed E-state index contributed by atoms with van der Waals surface area (Å²) < 4.78 is 5.50. The summed E-state index contributed by atoms with van der Waals surface area (Å²) in [5, 5.41) is 23.5. The summed E-state index contributed by atoms with van der Waals surface area (Å²) in [5.41, 5.74) is 0. The second-order valence-electron chi connectivity index (χ2n) is 26.3. The van der Waals surface area contributed by atoms with Crippen LogP contribution in [0.15, 0.2) is 36.5 Å². The zero-order chi connectivity index (χ0) is 60.6. The van der Waals surface area contributed by atoms with Crippen LogP contribution in [0.4, 0.5) is 0 Å². The first-order valence-corrected chi connectivity index (χ1v) is 38.2. The van der Waals surface area contributed by atoms with Gasteiger partial charge in [0.05, 0.1) is 25.4 Å². The van der Waals surface area contributed by atoms with E-state index in [1.807, 2.05) is 0 Å². The van der Waals surface area contributed by atoms with Gasteiger partial charge in [0.15, 0.2) is 0 Å². The van der Waals surface area contributed by atoms with E-state index < -0.39 is 12.1 Å². The predicted molar refractivity (Wildman–Crippen MR) is 370 cm³/mol. The van der Waals surface area contributed by atoms with Crippen molar-refractivity contribution < 1.29 is 24.5 Å². The fraction of sp³-hybridized carbons (Fsp3) is 0.897. The molecule has 0 aromatic carbocycles. The SMILES string of the molecule is CCCCC/C=C\C/C=C\CCCCCCCCCC(=O)OCCCCCCCCCCCCCC/C=C\CCCCCCCCCCCC(=O)NC(CO)C(O)CCCCCCCCCCCCCCCCCCCCCCCCCCC. The molecule has 2 unspecified atom stereocenters. The zero-order valence-corrected chi connectivity index (χ0v) is 56.9. The van der Waals surface area contributed by atoms with Crippen molar-refractivity contribution in [2.75, 3.05) is 13.2 Å². The van der Waals surface area contributed by atoms with E-state index in [0.717, 1.165) is 51.4 Å². The van der Waals surface area contributed by atoms with Crippen LogP contribution >= 0.6 is 0 Å². The van der Waals surface area contributed by atoms with Crippen LogP contribution in [-0.4, -0.2) is 47.4 Å². The van der Waals surface area contributed by atoms with Crippen LogP contribution in [0.5, 0.6) is 0 Å². The van der Waals surface area contributed by atoms with Crippen LogP contribution in [0, 0.1) is 0 Å². The molecule has 0 spiro atoms. The summed E-state index contributed by atoms with van der Waals surface area (Å²) in [6.45, 7) is 4.96. The van der Waals surface area contributed by atoms with Crippen LogP contribution in [0.3, 0.4) is 0 Å². The molecule has 0 fully saturated rings. The van der Waals surface area contributed by atoms with E-state index in [-0.39, 0.29) is 18.5 Å². The number of hydrogen-bond donors (Lipinski definition) is 3. The van der Waals surface area contributed by atoms with E-state index in [1.165, 1.54) is 340 Å². The first-order valence-electron chi connectivity index (χ1n) is 38.2. The van der Waals surface area contributed by atoms with Gasteiger partial charge in [-0.2, -0.15) is 0 Å². The summed E-state index contributed by atoms with van der Waals surface area (Å²) in [6.07, 6.45) is 95.0. The third-order valence-electron chi connectivity index (χ3n) is 17.9. The Kier molecular flexibility index (Phi) is 71.9. The fourth-order valence-electron chi connectivity index (χ4n) is 12.1. The number of unbranched alkanes of at least 4 members (excludes halogenated alkanes) is 55. The maximum Gasteiger partial charge on any atom is 0.305 e. The van der Waals surface area contributed by atoms with E-state index >= 15 is 0 Å². The molecular formula is C78H149NO5. The Labute approximate surface area is 525 Å². The molecule has 0 aliphatic carbocycles. The smallest absolute Gasteiger partial charge is 0.305 e. The predicted octanol–water partition coefficient (Wildman–Crippen LogP) is 25.0. The lowest BCUT2D eigenvalue weighted by Crippen LogP contribution is -2.45. The molecule has 0 saturated carbocycles. The standard InChI is InChI=1S/C78H149NO5/c1-3-5-7-9-11-13-15-17-19-21-22-23-24-26-29-32-35-39-42-46-50-54-58-62-66-70-76(81)75(74-80)79-77(82)71-67-63-59-55-51-47-43-40-36-33-30-27-25-28-31-34-37-41-45-49-53-57-61-65-69-73-84-78(83)72-68-64-60-56-52-48-44-38-20-18-16-14-12-10-8-6-4-2/h12,14,18,20,27,30,75-76,80-81H,3-11,13,15-17,19,21-26,28-29,31-74H2,1-2H3,(H,79,82)/b14-12-,20-18-,30-27-. The highest BCUT2D eigenvalue weighted by Gasteiger charge is 2.20. The molecular weight excluding hydrogens is 1030 g/mol. The van der Waals surface area contributed by atoms with Gasteiger partial charge in [-0.15, -0.1) is 0 Å². The Morgan fingerprint density at radius 2 is 0.595 bits per heavy atom. The fourth-order valence-corrected chi connectivity index (χ4v) is 12.1. The second-order valence-corrected chi connectivity index (χ2v) is 26.3. The van der Waals surface area contributed by atoms with Crippen molar-refractivity contribution in [3.63, 3.8) is 0 Å². The quantitative estimate of drug-likeness (QED) is 0.0320. The van der Waals surface area contributed by atoms with Gasteiger partial charge >= 0.3 is 5.97 Å². The molecule has 0 aromatic rings. The van der Waals surface area contributed by atoms with Crippen LogP contribution in [-0.2, 0) is 14.3 Å². The molecule has 84 heavy (non-hydrogen) atoms. The summed E-state index contributed by atoms with van der Waals surface area (Å²) in [6, 6.07) is -0.546. The highest BCUT2D eigenvalue weighted by Crippen LogP contribution is 2.19. The molecule has 1 amide bonds. The molecule has 0 bridgehead atoms. The molecule has 0 heterocycles. The number of hydrogen-bond acceptors (Lipinski definition) is 5. The lowest BCUT2D eigenvalue weighted by molar-refractivity contribution is -0.143. The first-order chi connectivity index (χ1) is 41.5. The van der Waals surface area contributed by atoms with Gasteiger partial charge in [0.1, 0.15) is 0 Å². The molecule has 0 aromatic heterocycles. The first kappa shape index (κ1) is 82.1. The number of esters is 1. The lowest BCUT2D eigenvalue weighted by atomic mass is 10.0. The lowest BCUT2D eigenvalue weighted by Gasteiger charge is -2.22. The van der Waals surface area contributed by atoms with Crippen molar-refractivity contribution in [1.29, 1.82) is 0 Å². The third-order valence-corrected chi connectivity index (χ3v) is 17.9. The summed E-state index contributed by atoms with van der Waals surface area (Å²) in [7, 11) is 0. The number of carbonyl (C=O) groups is 2. The average molecular weight is 1180 g/mol. The van der Waals surface area contributed by atoms with Crippen LogP contribution in [0.25, 0.3) is 0 Å². The highest BCUT2D eigenvalue weighted by molar-refractivity contribution is 5.76. The maximum atomic E-state index is 12.6. The largest absolute Gasteiger partial charge is 0.466 e. The van der Waals surface area contributed by atoms with E-state index in [2.05, 4.69) is 55.6 Å². The number of aliphatic hydroxyl groups is 2. The van der Waals surface area contributed by atoms with Gasteiger partial charge in [-0.1, -0.05) is 365 Å². The number of nitrogens with one attached hydrogen (secondary N) is 1. The molecule has 0 saturated heterocycles. The van der Waals surface area contributed by atoms with Crippen LogP contribution < -0.4 is 5.32 Å². The molecule has 6 heteroatoms. The maximum absolute atomic E-state index is 12.6. The van der Waals surface area contributed by atoms with Gasteiger partial charge in [-0.25, -0.2) is 0 Å². The minimum Gasteiger partial charge on any atom is -0.466 e. The molecule has 496 valence electrons. The Balaban J connectivity index is 3.39. The number of amides is 1. The Morgan fingerprint density at radius 3 is 0.940 bits per heavy atom. The number of aliphatic hydroxyl groups excluding tert-OH is 2. The average Bonchev–Trinajstić information content (AvgIpc) is 3.51. The van der Waals surface area contributed by atoms with E-state index in [9.17, 15) is 19.8 Å². The molecule has 0 rings (SSSR count). The number of rotatable bonds is 72. The van der Waals surface area contributed by atoms with Crippen molar-refractivity contribution >= 4 is 11.9 Å². The molecule has 0 radical (unpaired) electrons. The summed E-state index contributed by atoms with van der Waals surface area (Å²) in [4.78, 5) is 24.7. The van der Waals surface area contributed by atoms with Gasteiger partial charge in [0.2, 0.25) is 5.91 Å². The van der Waals surface area contributed by atoms with Gasteiger partial charge in [0, 0.05) is 12.8 Å². The molecule has 2 atom stereocenters. The molecule has 3 N–H and O–H groups in total. The van der Waals surface area contributed by atoms with Crippen molar-refractivity contribution in [2.45, 2.75) is 437 Å². The van der Waals surface area contributed by atoms with Gasteiger partial charge < -0.3 is 20.3 Å². The summed E-state index contributed by atoms with van der Waals surface area (Å²) >= 11 is 0. The highest BCUT2D eigenvalue weighted by atomic mass is 16.5. The number of carbonyl (C=O) groups excluding carboxylic acids is 2. The van der Waals surface area contributed by atoms with E-state index in [0.29, 0.717) is 25.9 Å². The second kappa shape index (κ2) is 73.5. The van der Waals surface area contributed by atoms with Crippen molar-refractivity contribution in [2.24, 2.45) is 0 Å². The zero-order valence-electron chi connectivity index (χ0n) is 56.9. The molecule has 0 aliphatic rings. The molecule has 0 aliphatic heterocycles. The minimum absolute atomic E-state index is 0.00658. The molecule has 6 nitrogen and oxygen atoms in total. The topological polar surface area (TPSA) is 95.9 Å². The van der Waals surface area contributed by atoms with Gasteiger partial charge in [-0.05, 0) is 83.5 Å². The number of ether oxygens (including phenoxy) is 1. The van der Waals surface area contributed by atoms with E-state index in [1.54, 1.807) is 0 Å².